The van der Waals surface area contributed by atoms with Crippen molar-refractivity contribution in [2.45, 2.75) is 6.54 Å². The van der Waals surface area contributed by atoms with Crippen molar-refractivity contribution in [2.75, 3.05) is 7.05 Å². The van der Waals surface area contributed by atoms with E-state index in [4.69, 9.17) is 27.9 Å². The average molecular weight is 361 g/mol. The molecule has 0 radical (unpaired) electrons. The Hall–Kier alpha value is -0.740. The van der Waals surface area contributed by atoms with Crippen molar-refractivity contribution in [3.63, 3.8) is 0 Å². The number of ether oxygens (including phenoxy) is 1. The number of hydrogen-bond donors (Lipinski definition) is 1. The molecule has 5 heteroatoms. The fraction of sp³-hybridized carbons (Fsp3) is 0.143. The fourth-order valence-corrected chi connectivity index (χ4v) is 2.39. The van der Waals surface area contributed by atoms with Crippen LogP contribution in [0.1, 0.15) is 5.56 Å². The normalized spacial score (nSPS) is 10.5. The Balaban J connectivity index is 2.39. The first-order valence-electron chi connectivity index (χ1n) is 5.66. The lowest BCUT2D eigenvalue weighted by molar-refractivity contribution is 0.474. The Morgan fingerprint density at radius 2 is 1.95 bits per heavy atom. The lowest BCUT2D eigenvalue weighted by Gasteiger charge is -2.13. The van der Waals surface area contributed by atoms with Gasteiger partial charge in [-0.2, -0.15) is 0 Å². The highest BCUT2D eigenvalue weighted by Gasteiger charge is 2.11. The van der Waals surface area contributed by atoms with E-state index >= 15 is 0 Å². The summed E-state index contributed by atoms with van der Waals surface area (Å²) in [6.07, 6.45) is 0. The van der Waals surface area contributed by atoms with Gasteiger partial charge in [-0.25, -0.2) is 0 Å². The molecule has 100 valence electrons. The molecule has 0 bridgehead atoms. The van der Waals surface area contributed by atoms with Gasteiger partial charge >= 0.3 is 0 Å². The van der Waals surface area contributed by atoms with E-state index < -0.39 is 0 Å². The molecule has 0 atom stereocenters. The molecule has 0 heterocycles. The van der Waals surface area contributed by atoms with Crippen LogP contribution in [0.2, 0.25) is 10.0 Å². The molecule has 2 aromatic carbocycles. The second-order valence-corrected chi connectivity index (χ2v) is 5.67. The first kappa shape index (κ1) is 14.7. The monoisotopic (exact) mass is 359 g/mol. The summed E-state index contributed by atoms with van der Waals surface area (Å²) in [6, 6.07) is 11.1. The molecule has 19 heavy (non-hydrogen) atoms. The largest absolute Gasteiger partial charge is 0.454 e. The summed E-state index contributed by atoms with van der Waals surface area (Å²) in [5, 5.41) is 4.18. The van der Waals surface area contributed by atoms with Crippen LogP contribution in [-0.4, -0.2) is 7.05 Å². The summed E-state index contributed by atoms with van der Waals surface area (Å²) in [5.41, 5.74) is 0.978. The summed E-state index contributed by atoms with van der Waals surface area (Å²) in [5.74, 6) is 1.19. The molecule has 0 aliphatic carbocycles. The van der Waals surface area contributed by atoms with Gasteiger partial charge in [-0.15, -0.1) is 0 Å². The Labute approximate surface area is 130 Å². The predicted molar refractivity (Wildman–Crippen MR) is 83.4 cm³/mol. The SMILES string of the molecule is CNCc1cccc(Cl)c1Oc1cc(Br)ccc1Cl. The van der Waals surface area contributed by atoms with Crippen molar-refractivity contribution >= 4 is 39.1 Å². The maximum atomic E-state index is 6.20. The Kier molecular flexibility index (Phi) is 5.11. The van der Waals surface area contributed by atoms with Crippen LogP contribution in [0, 0.1) is 0 Å². The molecule has 0 aliphatic rings. The van der Waals surface area contributed by atoms with Crippen molar-refractivity contribution in [1.82, 2.24) is 5.32 Å². The van der Waals surface area contributed by atoms with Crippen LogP contribution >= 0.6 is 39.1 Å². The Bertz CT molecular complexity index is 590. The highest BCUT2D eigenvalue weighted by Crippen LogP contribution is 2.37. The zero-order chi connectivity index (χ0) is 13.8. The van der Waals surface area contributed by atoms with Gasteiger partial charge in [0.1, 0.15) is 5.75 Å². The second kappa shape index (κ2) is 6.62. The summed E-state index contributed by atoms with van der Waals surface area (Å²) < 4.78 is 6.77. The number of rotatable bonds is 4. The number of hydrogen-bond acceptors (Lipinski definition) is 2. The molecule has 0 spiro atoms. The number of para-hydroxylation sites is 1. The maximum Gasteiger partial charge on any atom is 0.150 e. The molecule has 0 fully saturated rings. The van der Waals surface area contributed by atoms with Crippen LogP contribution < -0.4 is 10.1 Å². The molecular weight excluding hydrogens is 349 g/mol. The van der Waals surface area contributed by atoms with Crippen molar-refractivity contribution in [2.24, 2.45) is 0 Å². The van der Waals surface area contributed by atoms with Gasteiger partial charge in [0, 0.05) is 16.6 Å². The van der Waals surface area contributed by atoms with E-state index in [0.29, 0.717) is 28.1 Å². The maximum absolute atomic E-state index is 6.20. The lowest BCUT2D eigenvalue weighted by Crippen LogP contribution is -2.06. The molecule has 2 rings (SSSR count). The molecule has 0 saturated carbocycles. The topological polar surface area (TPSA) is 21.3 Å². The molecule has 0 aromatic heterocycles. The Morgan fingerprint density at radius 1 is 1.16 bits per heavy atom. The third-order valence-electron chi connectivity index (χ3n) is 2.52. The zero-order valence-corrected chi connectivity index (χ0v) is 13.3. The van der Waals surface area contributed by atoms with Gasteiger partial charge in [-0.05, 0) is 31.3 Å². The summed E-state index contributed by atoms with van der Waals surface area (Å²) in [4.78, 5) is 0. The van der Waals surface area contributed by atoms with Gasteiger partial charge in [-0.3, -0.25) is 0 Å². The summed E-state index contributed by atoms with van der Waals surface area (Å²) >= 11 is 15.7. The number of nitrogens with one attached hydrogen (secondary N) is 1. The van der Waals surface area contributed by atoms with E-state index in [0.717, 1.165) is 10.0 Å². The fourth-order valence-electron chi connectivity index (χ4n) is 1.66. The van der Waals surface area contributed by atoms with E-state index in [9.17, 15) is 0 Å². The first-order chi connectivity index (χ1) is 9.11. The zero-order valence-electron chi connectivity index (χ0n) is 10.2. The highest BCUT2D eigenvalue weighted by molar-refractivity contribution is 9.10. The van der Waals surface area contributed by atoms with E-state index in [1.807, 2.05) is 31.3 Å². The van der Waals surface area contributed by atoms with Crippen LogP contribution in [-0.2, 0) is 6.54 Å². The molecule has 0 saturated heterocycles. The van der Waals surface area contributed by atoms with E-state index in [1.165, 1.54) is 0 Å². The molecular formula is C14H12BrCl2NO. The van der Waals surface area contributed by atoms with Crippen molar-refractivity contribution in [1.29, 1.82) is 0 Å². The minimum absolute atomic E-state index is 0.540. The summed E-state index contributed by atoms with van der Waals surface area (Å²) in [6.45, 7) is 0.668. The van der Waals surface area contributed by atoms with Gasteiger partial charge in [0.25, 0.3) is 0 Å². The van der Waals surface area contributed by atoms with Gasteiger partial charge in [0.05, 0.1) is 10.0 Å². The van der Waals surface area contributed by atoms with Crippen LogP contribution in [0.25, 0.3) is 0 Å². The van der Waals surface area contributed by atoms with Crippen molar-refractivity contribution in [3.05, 3.63) is 56.5 Å². The molecule has 2 nitrogen and oxygen atoms in total. The average Bonchev–Trinajstić information content (AvgIpc) is 2.38. The van der Waals surface area contributed by atoms with Crippen LogP contribution in [0.4, 0.5) is 0 Å². The molecule has 0 unspecified atom stereocenters. The Morgan fingerprint density at radius 3 is 2.68 bits per heavy atom. The van der Waals surface area contributed by atoms with Crippen LogP contribution in [0.15, 0.2) is 40.9 Å². The van der Waals surface area contributed by atoms with Gasteiger partial charge in [0.15, 0.2) is 5.75 Å². The van der Waals surface area contributed by atoms with Gasteiger partial charge in [0.2, 0.25) is 0 Å². The number of benzene rings is 2. The van der Waals surface area contributed by atoms with E-state index in [1.54, 1.807) is 12.1 Å². The number of halogens is 3. The summed E-state index contributed by atoms with van der Waals surface area (Å²) in [7, 11) is 1.87. The third-order valence-corrected chi connectivity index (χ3v) is 3.62. The quantitative estimate of drug-likeness (QED) is 0.802. The van der Waals surface area contributed by atoms with Crippen LogP contribution in [0.3, 0.4) is 0 Å². The second-order valence-electron chi connectivity index (χ2n) is 3.94. The highest BCUT2D eigenvalue weighted by atomic mass is 79.9. The third kappa shape index (κ3) is 3.63. The lowest BCUT2D eigenvalue weighted by atomic mass is 10.2. The molecule has 0 amide bonds. The van der Waals surface area contributed by atoms with E-state index in [2.05, 4.69) is 21.2 Å². The van der Waals surface area contributed by atoms with E-state index in [-0.39, 0.29) is 0 Å². The predicted octanol–water partition coefficient (Wildman–Crippen LogP) is 5.27. The van der Waals surface area contributed by atoms with Gasteiger partial charge in [-0.1, -0.05) is 51.3 Å². The first-order valence-corrected chi connectivity index (χ1v) is 7.21. The minimum atomic E-state index is 0.540. The van der Waals surface area contributed by atoms with Crippen molar-refractivity contribution in [3.8, 4) is 11.5 Å². The smallest absolute Gasteiger partial charge is 0.150 e. The van der Waals surface area contributed by atoms with Crippen LogP contribution in [0.5, 0.6) is 11.5 Å². The molecule has 0 aliphatic heterocycles. The van der Waals surface area contributed by atoms with Crippen molar-refractivity contribution < 1.29 is 4.74 Å². The molecule has 1 N–H and O–H groups in total. The standard InChI is InChI=1S/C14H12BrCl2NO/c1-18-8-9-3-2-4-12(17)14(9)19-13-7-10(15)5-6-11(13)16/h2-7,18H,8H2,1H3. The molecule has 2 aromatic rings. The van der Waals surface area contributed by atoms with Gasteiger partial charge < -0.3 is 10.1 Å². The minimum Gasteiger partial charge on any atom is -0.454 e.